The molecule has 4 nitrogen and oxygen atoms in total. The molecule has 1 aromatic carbocycles. The lowest BCUT2D eigenvalue weighted by Gasteiger charge is -2.28. The Labute approximate surface area is 113 Å². The van der Waals surface area contributed by atoms with E-state index in [0.29, 0.717) is 12.0 Å². The maximum atomic E-state index is 12.2. The average molecular weight is 260 g/mol. The molecule has 0 heterocycles. The highest BCUT2D eigenvalue weighted by atomic mass is 16.2. The average Bonchev–Trinajstić information content (AvgIpc) is 2.39. The highest BCUT2D eigenvalue weighted by Gasteiger charge is 2.26. The Morgan fingerprint density at radius 2 is 2.00 bits per heavy atom. The number of rotatable bonds is 3. The molecule has 1 aliphatic rings. The normalized spacial score (nSPS) is 22.8. The van der Waals surface area contributed by atoms with Gasteiger partial charge in [-0.05, 0) is 37.8 Å². The minimum absolute atomic E-state index is 0.0540. The third kappa shape index (κ3) is 3.34. The Balaban J connectivity index is 1.99. The van der Waals surface area contributed by atoms with Gasteiger partial charge in [-0.2, -0.15) is 0 Å². The Hall–Kier alpha value is -1.84. The molecule has 4 heteroatoms. The number of nitrogens with one attached hydrogen (secondary N) is 1. The summed E-state index contributed by atoms with van der Waals surface area (Å²) in [4.78, 5) is 23.4. The molecule has 2 atom stereocenters. The van der Waals surface area contributed by atoms with Gasteiger partial charge >= 0.3 is 0 Å². The zero-order valence-corrected chi connectivity index (χ0v) is 11.2. The summed E-state index contributed by atoms with van der Waals surface area (Å²) in [7, 11) is 0. The zero-order chi connectivity index (χ0) is 13.8. The first kappa shape index (κ1) is 13.6. The number of amides is 2. The van der Waals surface area contributed by atoms with Crippen molar-refractivity contribution in [3.8, 4) is 0 Å². The monoisotopic (exact) mass is 260 g/mol. The first-order valence-electron chi connectivity index (χ1n) is 6.73. The van der Waals surface area contributed by atoms with Crippen LogP contribution in [-0.2, 0) is 4.79 Å². The number of carbonyl (C=O) groups excluding carboxylic acids is 2. The van der Waals surface area contributed by atoms with Gasteiger partial charge in [-0.3, -0.25) is 9.59 Å². The van der Waals surface area contributed by atoms with Crippen LogP contribution in [0.25, 0.3) is 0 Å². The fourth-order valence-electron chi connectivity index (χ4n) is 2.67. The van der Waals surface area contributed by atoms with Crippen molar-refractivity contribution < 1.29 is 9.59 Å². The quantitative estimate of drug-likeness (QED) is 0.869. The molecule has 0 aromatic heterocycles. The van der Waals surface area contributed by atoms with Crippen LogP contribution in [0.15, 0.2) is 24.3 Å². The summed E-state index contributed by atoms with van der Waals surface area (Å²) < 4.78 is 0. The smallest absolute Gasteiger partial charge is 0.251 e. The summed E-state index contributed by atoms with van der Waals surface area (Å²) in [6, 6.07) is 7.56. The molecule has 0 saturated heterocycles. The molecule has 0 aliphatic heterocycles. The summed E-state index contributed by atoms with van der Waals surface area (Å²) in [6.07, 6.45) is 3.35. The van der Waals surface area contributed by atoms with Crippen LogP contribution in [0.5, 0.6) is 0 Å². The second-order valence-corrected chi connectivity index (χ2v) is 5.25. The summed E-state index contributed by atoms with van der Waals surface area (Å²) in [5, 5.41) is 3.01. The summed E-state index contributed by atoms with van der Waals surface area (Å²) in [5.41, 5.74) is 7.00. The van der Waals surface area contributed by atoms with E-state index in [1.165, 1.54) is 0 Å². The van der Waals surface area contributed by atoms with Crippen molar-refractivity contribution in [2.24, 2.45) is 11.7 Å². The van der Waals surface area contributed by atoms with Gasteiger partial charge in [0, 0.05) is 17.5 Å². The lowest BCUT2D eigenvalue weighted by molar-refractivity contribution is -0.122. The molecule has 0 radical (unpaired) electrons. The highest BCUT2D eigenvalue weighted by Crippen LogP contribution is 2.24. The van der Waals surface area contributed by atoms with Gasteiger partial charge in [-0.1, -0.05) is 24.6 Å². The van der Waals surface area contributed by atoms with Crippen molar-refractivity contribution in [2.75, 3.05) is 0 Å². The molecule has 0 bridgehead atoms. The predicted octanol–water partition coefficient (Wildman–Crippen LogP) is 1.77. The molecule has 1 fully saturated rings. The van der Waals surface area contributed by atoms with Crippen molar-refractivity contribution in [3.63, 3.8) is 0 Å². The van der Waals surface area contributed by atoms with Crippen LogP contribution in [0.4, 0.5) is 0 Å². The van der Waals surface area contributed by atoms with Gasteiger partial charge in [-0.15, -0.1) is 0 Å². The first-order valence-corrected chi connectivity index (χ1v) is 6.73. The summed E-state index contributed by atoms with van der Waals surface area (Å²) in [5.74, 6) is -0.418. The van der Waals surface area contributed by atoms with Crippen LogP contribution in [0.1, 0.15) is 41.6 Å². The van der Waals surface area contributed by atoms with Crippen LogP contribution in [-0.4, -0.2) is 17.9 Å². The molecule has 0 unspecified atom stereocenters. The minimum Gasteiger partial charge on any atom is -0.369 e. The van der Waals surface area contributed by atoms with Crippen LogP contribution >= 0.6 is 0 Å². The summed E-state index contributed by atoms with van der Waals surface area (Å²) >= 11 is 0. The molecule has 2 amide bonds. The van der Waals surface area contributed by atoms with E-state index in [1.54, 1.807) is 0 Å². The van der Waals surface area contributed by atoms with Gasteiger partial charge in [0.2, 0.25) is 5.91 Å². The van der Waals surface area contributed by atoms with E-state index in [0.717, 1.165) is 24.8 Å². The van der Waals surface area contributed by atoms with Gasteiger partial charge in [0.15, 0.2) is 0 Å². The third-order valence-corrected chi connectivity index (χ3v) is 3.80. The van der Waals surface area contributed by atoms with E-state index < -0.39 is 0 Å². The zero-order valence-electron chi connectivity index (χ0n) is 11.2. The number of benzene rings is 1. The van der Waals surface area contributed by atoms with Crippen LogP contribution < -0.4 is 11.1 Å². The fourth-order valence-corrected chi connectivity index (χ4v) is 2.67. The van der Waals surface area contributed by atoms with Crippen molar-refractivity contribution in [2.45, 2.75) is 38.6 Å². The second-order valence-electron chi connectivity index (χ2n) is 5.25. The topological polar surface area (TPSA) is 72.2 Å². The van der Waals surface area contributed by atoms with E-state index in [2.05, 4.69) is 5.32 Å². The molecule has 19 heavy (non-hydrogen) atoms. The van der Waals surface area contributed by atoms with Gasteiger partial charge in [0.1, 0.15) is 0 Å². The Kier molecular flexibility index (Phi) is 4.20. The molecule has 1 aliphatic carbocycles. The van der Waals surface area contributed by atoms with E-state index in [9.17, 15) is 9.59 Å². The minimum atomic E-state index is -0.255. The number of primary amides is 1. The Morgan fingerprint density at radius 1 is 1.26 bits per heavy atom. The van der Waals surface area contributed by atoms with E-state index in [1.807, 2.05) is 31.2 Å². The maximum absolute atomic E-state index is 12.2. The van der Waals surface area contributed by atoms with Crippen LogP contribution in [0, 0.1) is 12.8 Å². The number of aryl methyl sites for hydroxylation is 1. The van der Waals surface area contributed by atoms with E-state index >= 15 is 0 Å². The Bertz CT molecular complexity index is 485. The lowest BCUT2D eigenvalue weighted by Crippen LogP contribution is -2.41. The first-order chi connectivity index (χ1) is 9.08. The van der Waals surface area contributed by atoms with Crippen molar-refractivity contribution >= 4 is 11.8 Å². The maximum Gasteiger partial charge on any atom is 0.251 e. The lowest BCUT2D eigenvalue weighted by atomic mass is 9.85. The highest BCUT2D eigenvalue weighted by molar-refractivity contribution is 5.95. The van der Waals surface area contributed by atoms with Crippen LogP contribution in [0.3, 0.4) is 0 Å². The number of hydrogen-bond acceptors (Lipinski definition) is 2. The van der Waals surface area contributed by atoms with Crippen molar-refractivity contribution in [3.05, 3.63) is 35.4 Å². The Morgan fingerprint density at radius 3 is 2.68 bits per heavy atom. The predicted molar refractivity (Wildman–Crippen MR) is 73.6 cm³/mol. The third-order valence-electron chi connectivity index (χ3n) is 3.80. The molecule has 2 rings (SSSR count). The standard InChI is InChI=1S/C15H20N2O2/c1-10-5-2-3-8-13(10)15(19)17-12-7-4-6-11(9-12)14(16)18/h2-3,5,8,11-12H,4,6-7,9H2,1H3,(H2,16,18)(H,17,19)/t11-,12+/m0/s1. The van der Waals surface area contributed by atoms with Crippen molar-refractivity contribution in [1.29, 1.82) is 0 Å². The molecule has 1 saturated carbocycles. The molecule has 1 aromatic rings. The molecule has 3 N–H and O–H groups in total. The molecule has 102 valence electrons. The van der Waals surface area contributed by atoms with E-state index in [-0.39, 0.29) is 23.8 Å². The number of hydrogen-bond donors (Lipinski definition) is 2. The van der Waals surface area contributed by atoms with Gasteiger partial charge in [0.25, 0.3) is 5.91 Å². The molecule has 0 spiro atoms. The van der Waals surface area contributed by atoms with Gasteiger partial charge in [0.05, 0.1) is 0 Å². The summed E-state index contributed by atoms with van der Waals surface area (Å²) in [6.45, 7) is 1.92. The number of carbonyl (C=O) groups is 2. The molecular formula is C15H20N2O2. The van der Waals surface area contributed by atoms with Crippen LogP contribution in [0.2, 0.25) is 0 Å². The largest absolute Gasteiger partial charge is 0.369 e. The second kappa shape index (κ2) is 5.87. The van der Waals surface area contributed by atoms with Gasteiger partial charge in [-0.25, -0.2) is 0 Å². The molecular weight excluding hydrogens is 240 g/mol. The van der Waals surface area contributed by atoms with Gasteiger partial charge < -0.3 is 11.1 Å². The van der Waals surface area contributed by atoms with Crippen molar-refractivity contribution in [1.82, 2.24) is 5.32 Å². The fraction of sp³-hybridized carbons (Fsp3) is 0.467. The van der Waals surface area contributed by atoms with E-state index in [4.69, 9.17) is 5.73 Å². The number of nitrogens with two attached hydrogens (primary N) is 1. The SMILES string of the molecule is Cc1ccccc1C(=O)N[C@@H]1CCC[C@H](C(N)=O)C1.